The first-order chi connectivity index (χ1) is 14.2. The van der Waals surface area contributed by atoms with Crippen LogP contribution in [0.4, 0.5) is 22.7 Å². The minimum Gasteiger partial charge on any atom is -0.375 e. The lowest BCUT2D eigenvalue weighted by Crippen LogP contribution is -2.05. The number of nitro benzene ring substituents is 1. The molecule has 0 saturated heterocycles. The molecule has 0 radical (unpaired) electrons. The summed E-state index contributed by atoms with van der Waals surface area (Å²) >= 11 is 0. The summed E-state index contributed by atoms with van der Waals surface area (Å²) < 4.78 is 4.77. The molecular formula is C20H14N6O3. The van der Waals surface area contributed by atoms with Crippen LogP contribution >= 0.6 is 0 Å². The van der Waals surface area contributed by atoms with Gasteiger partial charge in [-0.2, -0.15) is 5.26 Å². The highest BCUT2D eigenvalue weighted by Gasteiger charge is 2.26. The quantitative estimate of drug-likeness (QED) is 0.369. The van der Waals surface area contributed by atoms with E-state index in [1.807, 2.05) is 30.3 Å². The molecule has 0 unspecified atom stereocenters. The first-order valence-corrected chi connectivity index (χ1v) is 8.65. The van der Waals surface area contributed by atoms with E-state index < -0.39 is 4.92 Å². The zero-order valence-corrected chi connectivity index (χ0v) is 15.0. The number of hydrogen-bond donors (Lipinski definition) is 2. The molecule has 0 amide bonds. The van der Waals surface area contributed by atoms with Crippen LogP contribution in [0.15, 0.2) is 65.3 Å². The van der Waals surface area contributed by atoms with Crippen molar-refractivity contribution < 1.29 is 9.55 Å². The van der Waals surface area contributed by atoms with Crippen molar-refractivity contribution in [2.24, 2.45) is 0 Å². The van der Waals surface area contributed by atoms with E-state index >= 15 is 0 Å². The van der Waals surface area contributed by atoms with E-state index in [-0.39, 0.29) is 22.4 Å². The second-order valence-corrected chi connectivity index (χ2v) is 6.16. The molecule has 0 bridgehead atoms. The molecule has 0 aliphatic carbocycles. The van der Waals surface area contributed by atoms with Crippen molar-refractivity contribution in [1.82, 2.24) is 10.3 Å². The van der Waals surface area contributed by atoms with E-state index in [0.717, 1.165) is 5.56 Å². The van der Waals surface area contributed by atoms with Gasteiger partial charge in [0.2, 0.25) is 5.52 Å². The molecule has 4 aromatic rings. The average molecular weight is 386 g/mol. The van der Waals surface area contributed by atoms with Gasteiger partial charge in [0.25, 0.3) is 0 Å². The van der Waals surface area contributed by atoms with Gasteiger partial charge in [-0.25, -0.2) is 4.63 Å². The standard InChI is InChI=1S/C20H14N6O3/c21-11-14-8-4-5-9-15(14)23-16-10-17(22-12-13-6-2-1-3-7-13)20(26(27)28)19-18(16)24-29-25-19/h1-10,22-23H,12H2. The Hall–Kier alpha value is -4.45. The number of hydrogen-bond acceptors (Lipinski definition) is 8. The first-order valence-electron chi connectivity index (χ1n) is 8.65. The molecule has 9 nitrogen and oxygen atoms in total. The summed E-state index contributed by atoms with van der Waals surface area (Å²) in [5.74, 6) is 0. The summed E-state index contributed by atoms with van der Waals surface area (Å²) in [6.07, 6.45) is 0. The highest BCUT2D eigenvalue weighted by molar-refractivity contribution is 6.00. The third kappa shape index (κ3) is 3.54. The van der Waals surface area contributed by atoms with Gasteiger partial charge >= 0.3 is 5.69 Å². The number of fused-ring (bicyclic) bond motifs is 1. The molecule has 0 saturated carbocycles. The zero-order valence-electron chi connectivity index (χ0n) is 15.0. The Kier molecular flexibility index (Phi) is 4.74. The lowest BCUT2D eigenvalue weighted by Gasteiger charge is -2.12. The van der Waals surface area contributed by atoms with Gasteiger partial charge in [-0.1, -0.05) is 42.5 Å². The monoisotopic (exact) mass is 386 g/mol. The van der Waals surface area contributed by atoms with E-state index in [9.17, 15) is 15.4 Å². The number of nitro groups is 1. The smallest absolute Gasteiger partial charge is 0.323 e. The Morgan fingerprint density at radius 1 is 1.00 bits per heavy atom. The molecule has 142 valence electrons. The number of nitrogens with one attached hydrogen (secondary N) is 2. The highest BCUT2D eigenvalue weighted by Crippen LogP contribution is 2.38. The molecule has 1 aromatic heterocycles. The Bertz CT molecular complexity index is 1230. The number of aromatic nitrogens is 2. The highest BCUT2D eigenvalue weighted by atomic mass is 16.6. The van der Waals surface area contributed by atoms with E-state index in [1.54, 1.807) is 30.3 Å². The van der Waals surface area contributed by atoms with Crippen LogP contribution in [0.1, 0.15) is 11.1 Å². The molecule has 0 aliphatic rings. The van der Waals surface area contributed by atoms with Crippen LogP contribution in [0.5, 0.6) is 0 Å². The summed E-state index contributed by atoms with van der Waals surface area (Å²) in [4.78, 5) is 11.2. The number of nitriles is 1. The van der Waals surface area contributed by atoms with E-state index in [4.69, 9.17) is 4.63 Å². The van der Waals surface area contributed by atoms with Crippen LogP contribution in [-0.4, -0.2) is 15.2 Å². The van der Waals surface area contributed by atoms with Crippen LogP contribution in [0.25, 0.3) is 11.0 Å². The maximum atomic E-state index is 11.7. The van der Waals surface area contributed by atoms with Gasteiger partial charge in [-0.05, 0) is 34.1 Å². The molecule has 29 heavy (non-hydrogen) atoms. The van der Waals surface area contributed by atoms with Crippen LogP contribution in [0, 0.1) is 21.4 Å². The van der Waals surface area contributed by atoms with Crippen molar-refractivity contribution >= 4 is 33.8 Å². The van der Waals surface area contributed by atoms with Gasteiger partial charge in [0, 0.05) is 6.54 Å². The fourth-order valence-corrected chi connectivity index (χ4v) is 2.97. The molecule has 3 aromatic carbocycles. The lowest BCUT2D eigenvalue weighted by molar-refractivity contribution is -0.382. The fourth-order valence-electron chi connectivity index (χ4n) is 2.97. The van der Waals surface area contributed by atoms with Crippen molar-refractivity contribution in [1.29, 1.82) is 5.26 Å². The summed E-state index contributed by atoms with van der Waals surface area (Å²) in [5.41, 5.74) is 2.63. The molecule has 0 atom stereocenters. The third-order valence-corrected chi connectivity index (χ3v) is 4.34. The molecular weight excluding hydrogens is 372 g/mol. The fraction of sp³-hybridized carbons (Fsp3) is 0.0500. The molecule has 9 heteroatoms. The number of anilines is 3. The Morgan fingerprint density at radius 2 is 1.72 bits per heavy atom. The second-order valence-electron chi connectivity index (χ2n) is 6.16. The summed E-state index contributed by atoms with van der Waals surface area (Å²) in [6.45, 7) is 0.382. The van der Waals surface area contributed by atoms with E-state index in [1.165, 1.54) is 0 Å². The predicted octanol–water partition coefficient (Wildman–Crippen LogP) is 4.36. The van der Waals surface area contributed by atoms with Crippen molar-refractivity contribution in [3.05, 3.63) is 81.9 Å². The van der Waals surface area contributed by atoms with Gasteiger partial charge < -0.3 is 10.6 Å². The molecule has 2 N–H and O–H groups in total. The lowest BCUT2D eigenvalue weighted by atomic mass is 10.1. The zero-order chi connectivity index (χ0) is 20.2. The summed E-state index contributed by atoms with van der Waals surface area (Å²) in [7, 11) is 0. The molecule has 1 heterocycles. The van der Waals surface area contributed by atoms with E-state index in [2.05, 4.69) is 27.0 Å². The van der Waals surface area contributed by atoms with Crippen LogP contribution in [0.2, 0.25) is 0 Å². The van der Waals surface area contributed by atoms with Gasteiger partial charge in [-0.15, -0.1) is 0 Å². The number of rotatable bonds is 6. The average Bonchev–Trinajstić information content (AvgIpc) is 3.23. The van der Waals surface area contributed by atoms with Gasteiger partial charge in [0.1, 0.15) is 11.8 Å². The van der Waals surface area contributed by atoms with Crippen molar-refractivity contribution in [3.8, 4) is 6.07 Å². The Labute approximate surface area is 164 Å². The Morgan fingerprint density at radius 3 is 2.48 bits per heavy atom. The van der Waals surface area contributed by atoms with Crippen molar-refractivity contribution in [3.63, 3.8) is 0 Å². The maximum absolute atomic E-state index is 11.7. The molecule has 0 aliphatic heterocycles. The number of para-hydroxylation sites is 1. The SMILES string of the molecule is N#Cc1ccccc1Nc1cc(NCc2ccccc2)c([N+](=O)[O-])c2nonc12. The first kappa shape index (κ1) is 17.9. The maximum Gasteiger partial charge on any atom is 0.323 e. The van der Waals surface area contributed by atoms with Gasteiger partial charge in [-0.3, -0.25) is 10.1 Å². The number of benzene rings is 3. The third-order valence-electron chi connectivity index (χ3n) is 4.34. The van der Waals surface area contributed by atoms with Crippen molar-refractivity contribution in [2.45, 2.75) is 6.54 Å². The minimum atomic E-state index is -0.521. The molecule has 0 fully saturated rings. The van der Waals surface area contributed by atoms with Crippen molar-refractivity contribution in [2.75, 3.05) is 10.6 Å². The largest absolute Gasteiger partial charge is 0.375 e. The topological polar surface area (TPSA) is 130 Å². The van der Waals surface area contributed by atoms with E-state index in [0.29, 0.717) is 23.5 Å². The molecule has 0 spiro atoms. The summed E-state index contributed by atoms with van der Waals surface area (Å²) in [6, 6.07) is 20.1. The Balaban J connectivity index is 1.78. The minimum absolute atomic E-state index is 0.0185. The summed E-state index contributed by atoms with van der Waals surface area (Å²) in [5, 5.41) is 34.8. The van der Waals surface area contributed by atoms with Crippen LogP contribution < -0.4 is 10.6 Å². The predicted molar refractivity (Wildman–Crippen MR) is 107 cm³/mol. The van der Waals surface area contributed by atoms with Gasteiger partial charge in [0.15, 0.2) is 5.52 Å². The van der Waals surface area contributed by atoms with Crippen LogP contribution in [0.3, 0.4) is 0 Å². The van der Waals surface area contributed by atoms with Gasteiger partial charge in [0.05, 0.1) is 21.9 Å². The number of nitrogens with zero attached hydrogens (tertiary/aromatic N) is 4. The molecule has 4 rings (SSSR count). The normalized spacial score (nSPS) is 10.4. The second kappa shape index (κ2) is 7.66. The van der Waals surface area contributed by atoms with Crippen LogP contribution in [-0.2, 0) is 6.54 Å².